The van der Waals surface area contributed by atoms with E-state index in [9.17, 15) is 8.42 Å². The number of ether oxygens (including phenoxy) is 2. The molecule has 4 aromatic rings. The van der Waals surface area contributed by atoms with Crippen LogP contribution in [0.2, 0.25) is 0 Å². The molecule has 0 bridgehead atoms. The fraction of sp³-hybridized carbons (Fsp3) is 0.176. The summed E-state index contributed by atoms with van der Waals surface area (Å²) in [6, 6.07) is 10.2. The molecule has 0 amide bonds. The van der Waals surface area contributed by atoms with Gasteiger partial charge in [0.1, 0.15) is 13.2 Å². The summed E-state index contributed by atoms with van der Waals surface area (Å²) in [6.45, 7) is 1.02. The van der Waals surface area contributed by atoms with E-state index >= 15 is 0 Å². The third-order valence-corrected chi connectivity index (χ3v) is 5.37. The van der Waals surface area contributed by atoms with E-state index < -0.39 is 9.84 Å². The highest BCUT2D eigenvalue weighted by Gasteiger charge is 2.17. The minimum absolute atomic E-state index is 0.234. The zero-order chi connectivity index (χ0) is 18.6. The lowest BCUT2D eigenvalue weighted by Gasteiger charge is -2.17. The van der Waals surface area contributed by atoms with Crippen molar-refractivity contribution in [2.24, 2.45) is 0 Å². The normalized spacial score (nSPS) is 14.0. The highest BCUT2D eigenvalue weighted by molar-refractivity contribution is 7.90. The minimum Gasteiger partial charge on any atom is -0.486 e. The number of fused-ring (bicyclic) bond motifs is 4. The van der Waals surface area contributed by atoms with Crippen LogP contribution < -0.4 is 14.8 Å². The van der Waals surface area contributed by atoms with Crippen LogP contribution in [0, 0.1) is 0 Å². The van der Waals surface area contributed by atoms with E-state index in [4.69, 9.17) is 9.47 Å². The number of sulfone groups is 1. The van der Waals surface area contributed by atoms with Gasteiger partial charge in [0.2, 0.25) is 5.95 Å². The maximum atomic E-state index is 11.7. The number of hydrogen-bond acceptors (Lipinski definition) is 7. The third-order valence-electron chi connectivity index (χ3n) is 4.26. The molecule has 1 aliphatic heterocycles. The van der Waals surface area contributed by atoms with E-state index in [2.05, 4.69) is 20.4 Å². The summed E-state index contributed by atoms with van der Waals surface area (Å²) >= 11 is 0. The predicted molar refractivity (Wildman–Crippen MR) is 98.7 cm³/mol. The lowest BCUT2D eigenvalue weighted by Crippen LogP contribution is -2.15. The maximum Gasteiger partial charge on any atom is 0.253 e. The number of H-pyrrole nitrogens is 1. The first-order chi connectivity index (χ1) is 13.0. The summed E-state index contributed by atoms with van der Waals surface area (Å²) in [7, 11) is -3.28. The molecule has 0 fully saturated rings. The molecule has 0 spiro atoms. The van der Waals surface area contributed by atoms with E-state index in [1.54, 1.807) is 28.8 Å². The van der Waals surface area contributed by atoms with Crippen LogP contribution in [0.4, 0.5) is 11.6 Å². The fourth-order valence-electron chi connectivity index (χ4n) is 3.01. The summed E-state index contributed by atoms with van der Waals surface area (Å²) in [5, 5.41) is 6.19. The Bertz CT molecular complexity index is 1290. The minimum atomic E-state index is -3.28. The number of hydrogen-bond donors (Lipinski definition) is 2. The molecular formula is C17H15N5O4S. The molecule has 0 aliphatic carbocycles. The summed E-state index contributed by atoms with van der Waals surface area (Å²) in [4.78, 5) is 9.14. The number of benzene rings is 2. The Labute approximate surface area is 153 Å². The van der Waals surface area contributed by atoms with E-state index in [0.717, 1.165) is 11.0 Å². The van der Waals surface area contributed by atoms with Crippen molar-refractivity contribution in [3.8, 4) is 11.5 Å². The highest BCUT2D eigenvalue weighted by atomic mass is 32.2. The smallest absolute Gasteiger partial charge is 0.253 e. The Morgan fingerprint density at radius 3 is 2.67 bits per heavy atom. The summed E-state index contributed by atoms with van der Waals surface area (Å²) < 4.78 is 36.4. The fourth-order valence-corrected chi connectivity index (χ4v) is 3.68. The Morgan fingerprint density at radius 2 is 1.89 bits per heavy atom. The monoisotopic (exact) mass is 385 g/mol. The predicted octanol–water partition coefficient (Wildman–Crippen LogP) is 2.13. The number of nitrogens with zero attached hydrogens (tertiary/aromatic N) is 3. The number of rotatable bonds is 3. The van der Waals surface area contributed by atoms with Crippen LogP contribution in [-0.2, 0) is 9.84 Å². The summed E-state index contributed by atoms with van der Waals surface area (Å²) in [5.41, 5.74) is 2.15. The summed E-state index contributed by atoms with van der Waals surface area (Å²) in [5.74, 6) is 2.26. The molecular weight excluding hydrogens is 370 g/mol. The number of aromatic nitrogens is 4. The van der Waals surface area contributed by atoms with Gasteiger partial charge in [-0.25, -0.2) is 17.9 Å². The Hall–Kier alpha value is -3.27. The van der Waals surface area contributed by atoms with Crippen LogP contribution in [0.3, 0.4) is 0 Å². The Balaban J connectivity index is 1.53. The molecule has 138 valence electrons. The molecule has 9 nitrogen and oxygen atoms in total. The van der Waals surface area contributed by atoms with E-state index in [0.29, 0.717) is 42.1 Å². The van der Waals surface area contributed by atoms with E-state index in [-0.39, 0.29) is 4.90 Å². The number of anilines is 2. The molecule has 5 rings (SSSR count). The topological polar surface area (TPSA) is 111 Å². The Kier molecular flexibility index (Phi) is 3.31. The molecule has 0 saturated carbocycles. The largest absolute Gasteiger partial charge is 0.486 e. The molecule has 0 saturated heterocycles. The van der Waals surface area contributed by atoms with Gasteiger partial charge in [-0.05, 0) is 18.2 Å². The van der Waals surface area contributed by atoms with Gasteiger partial charge in [0.25, 0.3) is 5.78 Å². The molecule has 2 aromatic carbocycles. The van der Waals surface area contributed by atoms with E-state index in [1.807, 2.05) is 12.1 Å². The van der Waals surface area contributed by atoms with Crippen molar-refractivity contribution >= 4 is 38.3 Å². The lowest BCUT2D eigenvalue weighted by molar-refractivity contribution is 0.172. The first-order valence-electron chi connectivity index (χ1n) is 8.22. The zero-order valence-electron chi connectivity index (χ0n) is 14.3. The summed E-state index contributed by atoms with van der Waals surface area (Å²) in [6.07, 6.45) is 1.17. The second kappa shape index (κ2) is 5.61. The number of aromatic amines is 1. The van der Waals surface area contributed by atoms with Gasteiger partial charge in [0.05, 0.1) is 15.9 Å². The van der Waals surface area contributed by atoms with Crippen LogP contribution in [0.15, 0.2) is 41.3 Å². The third kappa shape index (κ3) is 2.74. The van der Waals surface area contributed by atoms with Crippen molar-refractivity contribution in [3.05, 3.63) is 36.4 Å². The van der Waals surface area contributed by atoms with Crippen molar-refractivity contribution in [2.75, 3.05) is 24.8 Å². The number of imidazole rings is 1. The lowest BCUT2D eigenvalue weighted by atomic mass is 10.2. The van der Waals surface area contributed by atoms with Crippen LogP contribution in [-0.4, -0.2) is 47.5 Å². The molecule has 1 aliphatic rings. The van der Waals surface area contributed by atoms with Gasteiger partial charge in [-0.1, -0.05) is 6.07 Å². The number of nitrogens with one attached hydrogen (secondary N) is 2. The van der Waals surface area contributed by atoms with Crippen molar-refractivity contribution in [1.82, 2.24) is 19.6 Å². The molecule has 0 radical (unpaired) electrons. The van der Waals surface area contributed by atoms with Gasteiger partial charge in [-0.15, -0.1) is 0 Å². The molecule has 2 aromatic heterocycles. The van der Waals surface area contributed by atoms with Gasteiger partial charge in [0, 0.05) is 24.1 Å². The maximum absolute atomic E-state index is 11.7. The standard InChI is InChI=1S/C17H15N5O4S/c1-27(23,24)11-4-2-3-10(7-11)18-16-20-17-19-12-8-14-15(26-6-5-25-14)9-13(12)22(17)21-16/h2-4,7-9H,5-6H2,1H3,(H2,18,19,20,21). The molecule has 27 heavy (non-hydrogen) atoms. The van der Waals surface area contributed by atoms with Gasteiger partial charge in [-0.2, -0.15) is 4.98 Å². The van der Waals surface area contributed by atoms with Crippen molar-refractivity contribution < 1.29 is 17.9 Å². The second-order valence-corrected chi connectivity index (χ2v) is 8.24. The van der Waals surface area contributed by atoms with Gasteiger partial charge < -0.3 is 14.8 Å². The molecule has 3 heterocycles. The first kappa shape index (κ1) is 15.9. The first-order valence-corrected chi connectivity index (χ1v) is 10.1. The van der Waals surface area contributed by atoms with Gasteiger partial charge >= 0.3 is 0 Å². The SMILES string of the molecule is CS(=O)(=O)c1cccc(Nc2nc3nc4cc5c(cc4n3[nH]2)OCCO5)c1. The quantitative estimate of drug-likeness (QED) is 0.556. The van der Waals surface area contributed by atoms with Crippen molar-refractivity contribution in [1.29, 1.82) is 0 Å². The molecule has 2 N–H and O–H groups in total. The average Bonchev–Trinajstić information content (AvgIpc) is 3.16. The van der Waals surface area contributed by atoms with Crippen molar-refractivity contribution in [3.63, 3.8) is 0 Å². The van der Waals surface area contributed by atoms with Crippen LogP contribution in [0.1, 0.15) is 0 Å². The molecule has 10 heteroatoms. The highest BCUT2D eigenvalue weighted by Crippen LogP contribution is 2.34. The van der Waals surface area contributed by atoms with Crippen molar-refractivity contribution in [2.45, 2.75) is 4.90 Å². The van der Waals surface area contributed by atoms with Crippen LogP contribution in [0.25, 0.3) is 16.8 Å². The van der Waals surface area contributed by atoms with Gasteiger partial charge in [-0.3, -0.25) is 5.10 Å². The molecule has 0 unspecified atom stereocenters. The van der Waals surface area contributed by atoms with Gasteiger partial charge in [0.15, 0.2) is 21.3 Å². The molecule has 0 atom stereocenters. The Morgan fingerprint density at radius 1 is 1.11 bits per heavy atom. The van der Waals surface area contributed by atoms with Crippen LogP contribution >= 0.6 is 0 Å². The van der Waals surface area contributed by atoms with Crippen LogP contribution in [0.5, 0.6) is 11.5 Å². The second-order valence-electron chi connectivity index (χ2n) is 6.23. The average molecular weight is 385 g/mol. The zero-order valence-corrected chi connectivity index (χ0v) is 15.1. The van der Waals surface area contributed by atoms with E-state index in [1.165, 1.54) is 6.26 Å².